The fourth-order valence-electron chi connectivity index (χ4n) is 4.16. The SMILES string of the molecule is COc1ccc(NC(=O)c2nnc(C(=O)N3CCC[C@H](C(=O)NC4CCCC4)C3)s2)cc1. The molecule has 10 heteroatoms. The summed E-state index contributed by atoms with van der Waals surface area (Å²) in [6, 6.07) is 7.17. The molecule has 1 aliphatic heterocycles. The van der Waals surface area contributed by atoms with Crippen molar-refractivity contribution in [1.82, 2.24) is 20.4 Å². The smallest absolute Gasteiger partial charge is 0.286 e. The third-order valence-corrected chi connectivity index (χ3v) is 6.84. The molecule has 170 valence electrons. The largest absolute Gasteiger partial charge is 0.497 e. The van der Waals surface area contributed by atoms with Crippen LogP contribution in [0.15, 0.2) is 24.3 Å². The number of nitrogens with one attached hydrogen (secondary N) is 2. The molecule has 1 saturated heterocycles. The van der Waals surface area contributed by atoms with Gasteiger partial charge in [0.15, 0.2) is 0 Å². The highest BCUT2D eigenvalue weighted by Crippen LogP contribution is 2.23. The minimum absolute atomic E-state index is 0.0335. The molecule has 2 heterocycles. The van der Waals surface area contributed by atoms with E-state index in [1.165, 1.54) is 0 Å². The highest BCUT2D eigenvalue weighted by Gasteiger charge is 2.32. The van der Waals surface area contributed by atoms with Gasteiger partial charge in [-0.3, -0.25) is 14.4 Å². The van der Waals surface area contributed by atoms with Crippen LogP contribution < -0.4 is 15.4 Å². The van der Waals surface area contributed by atoms with Crippen LogP contribution in [0, 0.1) is 5.92 Å². The molecule has 1 aliphatic carbocycles. The van der Waals surface area contributed by atoms with Crippen molar-refractivity contribution in [3.8, 4) is 5.75 Å². The number of piperidine rings is 1. The van der Waals surface area contributed by atoms with Gasteiger partial charge in [-0.2, -0.15) is 0 Å². The molecule has 32 heavy (non-hydrogen) atoms. The van der Waals surface area contributed by atoms with E-state index in [0.29, 0.717) is 24.5 Å². The Kier molecular flexibility index (Phi) is 6.99. The number of methoxy groups -OCH3 is 1. The molecule has 0 bridgehead atoms. The average Bonchev–Trinajstić information content (AvgIpc) is 3.52. The number of hydrogen-bond acceptors (Lipinski definition) is 7. The predicted molar refractivity (Wildman–Crippen MR) is 120 cm³/mol. The van der Waals surface area contributed by atoms with Crippen molar-refractivity contribution < 1.29 is 19.1 Å². The maximum Gasteiger partial charge on any atom is 0.286 e. The maximum absolute atomic E-state index is 12.9. The van der Waals surface area contributed by atoms with Gasteiger partial charge in [0, 0.05) is 24.8 Å². The van der Waals surface area contributed by atoms with Gasteiger partial charge in [-0.15, -0.1) is 10.2 Å². The molecule has 1 atom stereocenters. The van der Waals surface area contributed by atoms with E-state index in [1.54, 1.807) is 36.3 Å². The van der Waals surface area contributed by atoms with Crippen LogP contribution in [0.3, 0.4) is 0 Å². The lowest BCUT2D eigenvalue weighted by Crippen LogP contribution is -2.47. The van der Waals surface area contributed by atoms with E-state index in [4.69, 9.17) is 4.74 Å². The number of rotatable bonds is 6. The lowest BCUT2D eigenvalue weighted by atomic mass is 9.96. The number of hydrogen-bond donors (Lipinski definition) is 2. The van der Waals surface area contributed by atoms with Crippen molar-refractivity contribution >= 4 is 34.7 Å². The Labute approximate surface area is 190 Å². The van der Waals surface area contributed by atoms with Crippen LogP contribution in [0.4, 0.5) is 5.69 Å². The van der Waals surface area contributed by atoms with Gasteiger partial charge in [0.1, 0.15) is 5.75 Å². The van der Waals surface area contributed by atoms with Crippen LogP contribution >= 0.6 is 11.3 Å². The second-order valence-electron chi connectivity index (χ2n) is 8.18. The van der Waals surface area contributed by atoms with Gasteiger partial charge in [-0.1, -0.05) is 24.2 Å². The van der Waals surface area contributed by atoms with E-state index in [2.05, 4.69) is 20.8 Å². The summed E-state index contributed by atoms with van der Waals surface area (Å²) in [6.07, 6.45) is 5.92. The normalized spacial score (nSPS) is 18.9. The van der Waals surface area contributed by atoms with E-state index < -0.39 is 5.91 Å². The number of nitrogens with zero attached hydrogens (tertiary/aromatic N) is 3. The van der Waals surface area contributed by atoms with Gasteiger partial charge in [-0.25, -0.2) is 0 Å². The van der Waals surface area contributed by atoms with Gasteiger partial charge < -0.3 is 20.3 Å². The molecule has 0 radical (unpaired) electrons. The number of aromatic nitrogens is 2. The van der Waals surface area contributed by atoms with Gasteiger partial charge in [0.2, 0.25) is 15.9 Å². The average molecular weight is 458 g/mol. The molecule has 2 aliphatic rings. The summed E-state index contributed by atoms with van der Waals surface area (Å²) in [4.78, 5) is 39.7. The van der Waals surface area contributed by atoms with Crippen molar-refractivity contribution in [2.24, 2.45) is 5.92 Å². The summed E-state index contributed by atoms with van der Waals surface area (Å²) in [5.74, 6) is -0.211. The highest BCUT2D eigenvalue weighted by atomic mass is 32.1. The number of ether oxygens (including phenoxy) is 1. The molecule has 1 saturated carbocycles. The lowest BCUT2D eigenvalue weighted by molar-refractivity contribution is -0.127. The molecule has 9 nitrogen and oxygen atoms in total. The number of benzene rings is 1. The Hall–Kier alpha value is -3.01. The standard InChI is InChI=1S/C22H27N5O4S/c1-31-17-10-8-16(9-11-17)24-19(29)20-25-26-21(32-20)22(30)27-12-4-5-14(13-27)18(28)23-15-6-2-3-7-15/h8-11,14-15H,2-7,12-13H2,1H3,(H,23,28)(H,24,29)/t14-/m0/s1. The first kappa shape index (κ1) is 22.2. The van der Waals surface area contributed by atoms with Crippen LogP contribution in [0.1, 0.15) is 58.1 Å². The molecule has 2 N–H and O–H groups in total. The third-order valence-electron chi connectivity index (χ3n) is 5.93. The Morgan fingerprint density at radius 1 is 1.03 bits per heavy atom. The predicted octanol–water partition coefficient (Wildman–Crippen LogP) is 2.71. The van der Waals surface area contributed by atoms with E-state index in [0.717, 1.165) is 49.9 Å². The quantitative estimate of drug-likeness (QED) is 0.690. The van der Waals surface area contributed by atoms with Gasteiger partial charge in [-0.05, 0) is 49.9 Å². The third kappa shape index (κ3) is 5.24. The fraction of sp³-hybridized carbons (Fsp3) is 0.500. The molecular formula is C22H27N5O4S. The highest BCUT2D eigenvalue weighted by molar-refractivity contribution is 7.15. The maximum atomic E-state index is 12.9. The summed E-state index contributed by atoms with van der Waals surface area (Å²) in [7, 11) is 1.57. The molecule has 4 rings (SSSR count). The summed E-state index contributed by atoms with van der Waals surface area (Å²) in [5, 5.41) is 13.9. The van der Waals surface area contributed by atoms with E-state index in [1.807, 2.05) is 0 Å². The van der Waals surface area contributed by atoms with E-state index in [-0.39, 0.29) is 33.8 Å². The molecule has 0 spiro atoms. The van der Waals surface area contributed by atoms with Crippen molar-refractivity contribution in [2.75, 3.05) is 25.5 Å². The first-order chi connectivity index (χ1) is 15.5. The van der Waals surface area contributed by atoms with Crippen LogP contribution in [-0.2, 0) is 4.79 Å². The van der Waals surface area contributed by atoms with Crippen LogP contribution in [0.2, 0.25) is 0 Å². The molecule has 3 amide bonds. The summed E-state index contributed by atoms with van der Waals surface area (Å²) in [5.41, 5.74) is 0.589. The van der Waals surface area contributed by atoms with Gasteiger partial charge in [0.05, 0.1) is 13.0 Å². The number of carbonyl (C=O) groups excluding carboxylic acids is 3. The zero-order valence-electron chi connectivity index (χ0n) is 18.0. The number of amides is 3. The molecule has 0 unspecified atom stereocenters. The number of likely N-dealkylation sites (tertiary alicyclic amines) is 1. The van der Waals surface area contributed by atoms with Crippen LogP contribution in [-0.4, -0.2) is 59.1 Å². The Morgan fingerprint density at radius 2 is 1.75 bits per heavy atom. The summed E-state index contributed by atoms with van der Waals surface area (Å²) >= 11 is 0.955. The van der Waals surface area contributed by atoms with Crippen molar-refractivity contribution in [3.05, 3.63) is 34.3 Å². The topological polar surface area (TPSA) is 114 Å². The van der Waals surface area contributed by atoms with Crippen molar-refractivity contribution in [2.45, 2.75) is 44.6 Å². The Morgan fingerprint density at radius 3 is 2.47 bits per heavy atom. The zero-order chi connectivity index (χ0) is 22.5. The van der Waals surface area contributed by atoms with Gasteiger partial charge in [0.25, 0.3) is 11.8 Å². The molecule has 2 fully saturated rings. The minimum Gasteiger partial charge on any atom is -0.497 e. The second kappa shape index (κ2) is 10.1. The zero-order valence-corrected chi connectivity index (χ0v) is 18.8. The summed E-state index contributed by atoms with van der Waals surface area (Å²) in [6.45, 7) is 0.934. The first-order valence-electron chi connectivity index (χ1n) is 10.9. The number of carbonyl (C=O) groups is 3. The van der Waals surface area contributed by atoms with Crippen molar-refractivity contribution in [1.29, 1.82) is 0 Å². The second-order valence-corrected chi connectivity index (χ2v) is 9.15. The van der Waals surface area contributed by atoms with Crippen LogP contribution in [0.25, 0.3) is 0 Å². The van der Waals surface area contributed by atoms with Gasteiger partial charge >= 0.3 is 0 Å². The summed E-state index contributed by atoms with van der Waals surface area (Å²) < 4.78 is 5.10. The monoisotopic (exact) mass is 457 g/mol. The molecule has 1 aromatic carbocycles. The van der Waals surface area contributed by atoms with E-state index in [9.17, 15) is 14.4 Å². The molecular weight excluding hydrogens is 430 g/mol. The minimum atomic E-state index is -0.431. The Balaban J connectivity index is 1.34. The van der Waals surface area contributed by atoms with Crippen molar-refractivity contribution in [3.63, 3.8) is 0 Å². The molecule has 1 aromatic heterocycles. The molecule has 2 aromatic rings. The Bertz CT molecular complexity index is 971. The number of anilines is 1. The fourth-order valence-corrected chi connectivity index (χ4v) is 4.87. The first-order valence-corrected chi connectivity index (χ1v) is 11.7. The van der Waals surface area contributed by atoms with E-state index >= 15 is 0 Å². The van der Waals surface area contributed by atoms with Crippen LogP contribution in [0.5, 0.6) is 5.75 Å². The lowest BCUT2D eigenvalue weighted by Gasteiger charge is -2.32.